The average molecular weight is 564 g/mol. The number of rotatable bonds is 7. The summed E-state index contributed by atoms with van der Waals surface area (Å²) >= 11 is 13.4. The summed E-state index contributed by atoms with van der Waals surface area (Å²) < 4.78 is 13.5. The summed E-state index contributed by atoms with van der Waals surface area (Å²) in [7, 11) is 0. The Hall–Kier alpha value is -3.14. The standard InChI is InChI=1S/C26H24Cl2FN3O4S/c27-19-7-4-8-20(28)23(19)30-26(36)31-24-18(13-21(37-24)15-9-11-16(29)12-10-15)25(35)32(14-22(33)34)17-5-2-1-3-6-17/h4,7-13,17H,1-3,5-6,14H2,(H,33,34)(H2,30,31,36). The van der Waals surface area contributed by atoms with Crippen LogP contribution in [0.4, 0.5) is 19.9 Å². The van der Waals surface area contributed by atoms with Gasteiger partial charge in [0, 0.05) is 10.9 Å². The van der Waals surface area contributed by atoms with Gasteiger partial charge in [-0.05, 0) is 48.7 Å². The molecule has 0 unspecified atom stereocenters. The molecule has 0 atom stereocenters. The first-order valence-electron chi connectivity index (χ1n) is 11.7. The number of halogens is 3. The molecule has 1 fully saturated rings. The zero-order valence-electron chi connectivity index (χ0n) is 19.6. The number of para-hydroxylation sites is 1. The van der Waals surface area contributed by atoms with Gasteiger partial charge >= 0.3 is 12.0 Å². The summed E-state index contributed by atoms with van der Waals surface area (Å²) in [5, 5.41) is 15.5. The highest BCUT2D eigenvalue weighted by atomic mass is 35.5. The minimum atomic E-state index is -1.12. The molecule has 37 heavy (non-hydrogen) atoms. The van der Waals surface area contributed by atoms with Gasteiger partial charge < -0.3 is 15.3 Å². The Morgan fingerprint density at radius 1 is 1.00 bits per heavy atom. The number of carboxylic acids is 1. The van der Waals surface area contributed by atoms with Crippen LogP contribution in [0.5, 0.6) is 0 Å². The van der Waals surface area contributed by atoms with Gasteiger partial charge in [-0.2, -0.15) is 0 Å². The van der Waals surface area contributed by atoms with E-state index in [1.807, 2.05) is 0 Å². The van der Waals surface area contributed by atoms with Gasteiger partial charge in [-0.1, -0.05) is 60.7 Å². The second kappa shape index (κ2) is 11.9. The number of hydrogen-bond acceptors (Lipinski definition) is 4. The molecule has 7 nitrogen and oxygen atoms in total. The van der Waals surface area contributed by atoms with Crippen molar-refractivity contribution in [3.8, 4) is 10.4 Å². The second-order valence-corrected chi connectivity index (χ2v) is 10.5. The summed E-state index contributed by atoms with van der Waals surface area (Å²) in [5.74, 6) is -2.02. The smallest absolute Gasteiger partial charge is 0.324 e. The monoisotopic (exact) mass is 563 g/mol. The van der Waals surface area contributed by atoms with Crippen LogP contribution in [0.3, 0.4) is 0 Å². The van der Waals surface area contributed by atoms with E-state index < -0.39 is 30.3 Å². The fourth-order valence-electron chi connectivity index (χ4n) is 4.32. The third-order valence-electron chi connectivity index (χ3n) is 6.10. The molecule has 1 heterocycles. The maximum atomic E-state index is 13.7. The number of urea groups is 1. The Kier molecular flexibility index (Phi) is 8.68. The molecule has 1 aliphatic rings. The molecule has 1 saturated carbocycles. The number of hydrogen-bond donors (Lipinski definition) is 3. The molecule has 2 aromatic carbocycles. The van der Waals surface area contributed by atoms with Gasteiger partial charge in [-0.15, -0.1) is 11.3 Å². The molecule has 0 saturated heterocycles. The first-order chi connectivity index (χ1) is 17.7. The van der Waals surface area contributed by atoms with Crippen molar-refractivity contribution in [3.63, 3.8) is 0 Å². The number of carboxylic acid groups (broad SMARTS) is 1. The Bertz CT molecular complexity index is 1290. The number of thiophene rings is 1. The summed E-state index contributed by atoms with van der Waals surface area (Å²) in [4.78, 5) is 40.3. The SMILES string of the molecule is O=C(O)CN(C(=O)c1cc(-c2ccc(F)cc2)sc1NC(=O)Nc1c(Cl)cccc1Cl)C1CCCCC1. The molecule has 0 radical (unpaired) electrons. The van der Waals surface area contributed by atoms with Crippen molar-refractivity contribution in [2.75, 3.05) is 17.2 Å². The normalized spacial score (nSPS) is 13.7. The zero-order chi connectivity index (χ0) is 26.5. The van der Waals surface area contributed by atoms with Crippen molar-refractivity contribution in [1.82, 2.24) is 4.90 Å². The molecule has 3 aromatic rings. The Balaban J connectivity index is 1.68. The van der Waals surface area contributed by atoms with E-state index in [0.717, 1.165) is 30.6 Å². The van der Waals surface area contributed by atoms with Crippen LogP contribution in [0.2, 0.25) is 10.0 Å². The molecule has 1 aromatic heterocycles. The first kappa shape index (κ1) is 26.9. The van der Waals surface area contributed by atoms with E-state index in [2.05, 4.69) is 10.6 Å². The number of anilines is 2. The van der Waals surface area contributed by atoms with E-state index in [1.54, 1.807) is 36.4 Å². The second-order valence-electron chi connectivity index (χ2n) is 8.65. The minimum absolute atomic E-state index is 0.150. The van der Waals surface area contributed by atoms with Crippen molar-refractivity contribution in [1.29, 1.82) is 0 Å². The number of nitrogens with zero attached hydrogens (tertiary/aromatic N) is 1. The van der Waals surface area contributed by atoms with Gasteiger partial charge in [0.05, 0.1) is 21.3 Å². The van der Waals surface area contributed by atoms with E-state index in [-0.39, 0.29) is 32.3 Å². The van der Waals surface area contributed by atoms with Crippen LogP contribution < -0.4 is 10.6 Å². The molecule has 3 N–H and O–H groups in total. The molecule has 1 aliphatic carbocycles. The molecular weight excluding hydrogens is 540 g/mol. The Morgan fingerprint density at radius 2 is 1.65 bits per heavy atom. The lowest BCUT2D eigenvalue weighted by Crippen LogP contribution is -2.44. The summed E-state index contributed by atoms with van der Waals surface area (Å²) in [6, 6.07) is 11.2. The fourth-order valence-corrected chi connectivity index (χ4v) is 5.87. The highest BCUT2D eigenvalue weighted by molar-refractivity contribution is 7.20. The van der Waals surface area contributed by atoms with Gasteiger partial charge in [0.2, 0.25) is 0 Å². The number of benzene rings is 2. The molecular formula is C26H24Cl2FN3O4S. The largest absolute Gasteiger partial charge is 0.480 e. The highest BCUT2D eigenvalue weighted by Gasteiger charge is 2.31. The predicted octanol–water partition coefficient (Wildman–Crippen LogP) is 7.36. The minimum Gasteiger partial charge on any atom is -0.480 e. The van der Waals surface area contributed by atoms with Gasteiger partial charge in [-0.3, -0.25) is 14.9 Å². The molecule has 11 heteroatoms. The number of amides is 3. The van der Waals surface area contributed by atoms with Gasteiger partial charge in [0.1, 0.15) is 17.4 Å². The average Bonchev–Trinajstić information content (AvgIpc) is 3.29. The number of carbonyl (C=O) groups excluding carboxylic acids is 2. The number of aliphatic carboxylic acids is 1. The lowest BCUT2D eigenvalue weighted by Gasteiger charge is -2.33. The lowest BCUT2D eigenvalue weighted by atomic mass is 9.93. The zero-order valence-corrected chi connectivity index (χ0v) is 21.9. The summed E-state index contributed by atoms with van der Waals surface area (Å²) in [5.41, 5.74) is 1.00. The highest BCUT2D eigenvalue weighted by Crippen LogP contribution is 2.38. The third kappa shape index (κ3) is 6.60. The molecule has 0 aliphatic heterocycles. The van der Waals surface area contributed by atoms with Crippen molar-refractivity contribution >= 4 is 63.1 Å². The van der Waals surface area contributed by atoms with E-state index in [9.17, 15) is 23.9 Å². The number of nitrogens with one attached hydrogen (secondary N) is 2. The van der Waals surface area contributed by atoms with E-state index in [0.29, 0.717) is 23.3 Å². The quantitative estimate of drug-likeness (QED) is 0.279. The Labute approximate surface area is 227 Å². The first-order valence-corrected chi connectivity index (χ1v) is 13.2. The molecule has 3 amide bonds. The van der Waals surface area contributed by atoms with Crippen LogP contribution in [-0.2, 0) is 4.79 Å². The van der Waals surface area contributed by atoms with Gasteiger partial charge in [-0.25, -0.2) is 9.18 Å². The third-order valence-corrected chi connectivity index (χ3v) is 7.83. The lowest BCUT2D eigenvalue weighted by molar-refractivity contribution is -0.138. The fraction of sp³-hybridized carbons (Fsp3) is 0.269. The molecule has 0 spiro atoms. The van der Waals surface area contributed by atoms with Gasteiger partial charge in [0.25, 0.3) is 5.91 Å². The topological polar surface area (TPSA) is 98.7 Å². The van der Waals surface area contributed by atoms with Crippen LogP contribution in [0, 0.1) is 5.82 Å². The van der Waals surface area contributed by atoms with Crippen molar-refractivity contribution < 1.29 is 23.9 Å². The van der Waals surface area contributed by atoms with Gasteiger partial charge in [0.15, 0.2) is 0 Å². The van der Waals surface area contributed by atoms with Crippen LogP contribution >= 0.6 is 34.5 Å². The van der Waals surface area contributed by atoms with Crippen molar-refractivity contribution in [2.45, 2.75) is 38.1 Å². The number of carbonyl (C=O) groups is 3. The van der Waals surface area contributed by atoms with Crippen LogP contribution in [0.15, 0.2) is 48.5 Å². The van der Waals surface area contributed by atoms with Crippen LogP contribution in [0.25, 0.3) is 10.4 Å². The molecule has 0 bridgehead atoms. The maximum absolute atomic E-state index is 13.7. The summed E-state index contributed by atoms with van der Waals surface area (Å²) in [6.45, 7) is -0.452. The predicted molar refractivity (Wildman–Crippen MR) is 144 cm³/mol. The van der Waals surface area contributed by atoms with Crippen LogP contribution in [0.1, 0.15) is 42.5 Å². The van der Waals surface area contributed by atoms with E-state index in [1.165, 1.54) is 17.0 Å². The Morgan fingerprint density at radius 3 is 2.27 bits per heavy atom. The van der Waals surface area contributed by atoms with E-state index >= 15 is 0 Å². The van der Waals surface area contributed by atoms with E-state index in [4.69, 9.17) is 23.2 Å². The maximum Gasteiger partial charge on any atom is 0.324 e. The molecule has 4 rings (SSSR count). The van der Waals surface area contributed by atoms with Crippen LogP contribution in [-0.4, -0.2) is 40.5 Å². The summed E-state index contributed by atoms with van der Waals surface area (Å²) in [6.07, 6.45) is 4.27. The van der Waals surface area contributed by atoms with Crippen molar-refractivity contribution in [2.24, 2.45) is 0 Å². The van der Waals surface area contributed by atoms with Crippen molar-refractivity contribution in [3.05, 3.63) is 70.0 Å². The molecule has 194 valence electrons.